The van der Waals surface area contributed by atoms with Gasteiger partial charge in [-0.1, -0.05) is 13.8 Å². The maximum absolute atomic E-state index is 12.4. The lowest BCUT2D eigenvalue weighted by Crippen LogP contribution is -2.09. The van der Waals surface area contributed by atoms with E-state index in [1.54, 1.807) is 0 Å². The largest absolute Gasteiger partial charge is 0.461 e. The van der Waals surface area contributed by atoms with Crippen LogP contribution in [0.15, 0.2) is 24.3 Å². The van der Waals surface area contributed by atoms with Gasteiger partial charge in [0.15, 0.2) is 0 Å². The molecule has 6 nitrogen and oxygen atoms in total. The van der Waals surface area contributed by atoms with Gasteiger partial charge in [0.1, 0.15) is 21.3 Å². The predicted octanol–water partition coefficient (Wildman–Crippen LogP) is 4.45. The third-order valence-electron chi connectivity index (χ3n) is 3.81. The van der Waals surface area contributed by atoms with E-state index in [1.165, 1.54) is 11.3 Å². The Kier molecular flexibility index (Phi) is 5.08. The number of aryl methyl sites for hydroxylation is 2. The fraction of sp³-hybridized carbons (Fsp3) is 0.316. The summed E-state index contributed by atoms with van der Waals surface area (Å²) in [5, 5.41) is 4.15. The number of fused-ring (bicyclic) bond motifs is 1. The average Bonchev–Trinajstić information content (AvgIpc) is 2.91. The van der Waals surface area contributed by atoms with Crippen molar-refractivity contribution in [3.05, 3.63) is 40.5 Å². The number of nitrogen functional groups attached to an aromatic ring is 1. The van der Waals surface area contributed by atoms with Gasteiger partial charge in [-0.3, -0.25) is 0 Å². The molecule has 3 rings (SSSR count). The number of aromatic nitrogens is 2. The highest BCUT2D eigenvalue weighted by atomic mass is 32.1. The lowest BCUT2D eigenvalue weighted by atomic mass is 10.2. The molecule has 0 spiro atoms. The van der Waals surface area contributed by atoms with Gasteiger partial charge in [0.25, 0.3) is 0 Å². The second kappa shape index (κ2) is 7.29. The third kappa shape index (κ3) is 3.77. The normalized spacial score (nSPS) is 11.1. The Hall–Kier alpha value is -2.67. The van der Waals surface area contributed by atoms with Crippen LogP contribution in [-0.4, -0.2) is 22.5 Å². The lowest BCUT2D eigenvalue weighted by molar-refractivity contribution is 0.0464. The van der Waals surface area contributed by atoms with Gasteiger partial charge < -0.3 is 15.8 Å². The van der Waals surface area contributed by atoms with Crippen molar-refractivity contribution in [1.82, 2.24) is 9.97 Å². The number of esters is 1. The van der Waals surface area contributed by atoms with Crippen LogP contribution in [0.4, 0.5) is 17.2 Å². The molecule has 26 heavy (non-hydrogen) atoms. The lowest BCUT2D eigenvalue weighted by Gasteiger charge is -2.09. The first-order valence-corrected chi connectivity index (χ1v) is 9.24. The van der Waals surface area contributed by atoms with Crippen molar-refractivity contribution >= 4 is 44.7 Å². The first-order valence-electron chi connectivity index (χ1n) is 8.42. The molecule has 0 radical (unpaired) electrons. The molecule has 0 aliphatic rings. The van der Waals surface area contributed by atoms with Crippen LogP contribution in [0.1, 0.15) is 34.9 Å². The second-order valence-corrected chi connectivity index (χ2v) is 7.59. The number of benzene rings is 1. The first kappa shape index (κ1) is 18.1. The van der Waals surface area contributed by atoms with Crippen LogP contribution >= 0.6 is 11.3 Å². The van der Waals surface area contributed by atoms with Crippen molar-refractivity contribution in [3.8, 4) is 0 Å². The van der Waals surface area contributed by atoms with Crippen molar-refractivity contribution in [2.24, 2.45) is 5.92 Å². The first-order chi connectivity index (χ1) is 12.3. The molecule has 0 aliphatic heterocycles. The molecule has 1 aromatic carbocycles. The van der Waals surface area contributed by atoms with Crippen molar-refractivity contribution < 1.29 is 9.53 Å². The summed E-state index contributed by atoms with van der Waals surface area (Å²) in [6, 6.07) is 7.42. The smallest absolute Gasteiger partial charge is 0.348 e. The summed E-state index contributed by atoms with van der Waals surface area (Å²) in [6.45, 7) is 8.15. The fourth-order valence-electron chi connectivity index (χ4n) is 2.54. The maximum atomic E-state index is 12.4. The van der Waals surface area contributed by atoms with Crippen molar-refractivity contribution in [3.63, 3.8) is 0 Å². The minimum absolute atomic E-state index is 0.290. The van der Waals surface area contributed by atoms with E-state index >= 15 is 0 Å². The van der Waals surface area contributed by atoms with Gasteiger partial charge in [-0.25, -0.2) is 14.8 Å². The van der Waals surface area contributed by atoms with Crippen LogP contribution in [0.2, 0.25) is 0 Å². The van der Waals surface area contributed by atoms with E-state index in [9.17, 15) is 4.79 Å². The Balaban J connectivity index is 2.01. The Bertz CT molecular complexity index is 948. The summed E-state index contributed by atoms with van der Waals surface area (Å²) in [5.74, 6) is 1.29. The van der Waals surface area contributed by atoms with Crippen molar-refractivity contribution in [2.45, 2.75) is 27.7 Å². The molecular weight excluding hydrogens is 348 g/mol. The highest BCUT2D eigenvalue weighted by Gasteiger charge is 2.21. The van der Waals surface area contributed by atoms with Crippen LogP contribution in [0.3, 0.4) is 0 Å². The van der Waals surface area contributed by atoms with Gasteiger partial charge in [-0.05, 0) is 49.6 Å². The highest BCUT2D eigenvalue weighted by molar-refractivity contribution is 7.20. The van der Waals surface area contributed by atoms with E-state index in [4.69, 9.17) is 10.5 Å². The van der Waals surface area contributed by atoms with Crippen LogP contribution in [0.5, 0.6) is 0 Å². The number of hydrogen-bond acceptors (Lipinski definition) is 7. The number of nitrogens with two attached hydrogens (primary N) is 1. The zero-order valence-corrected chi connectivity index (χ0v) is 16.1. The topological polar surface area (TPSA) is 90.1 Å². The summed E-state index contributed by atoms with van der Waals surface area (Å²) in [7, 11) is 0. The number of carbonyl (C=O) groups is 1. The van der Waals surface area contributed by atoms with E-state index in [-0.39, 0.29) is 5.97 Å². The van der Waals surface area contributed by atoms with E-state index in [0.29, 0.717) is 34.7 Å². The molecule has 0 unspecified atom stereocenters. The summed E-state index contributed by atoms with van der Waals surface area (Å²) in [5.41, 5.74) is 8.14. The number of anilines is 3. The Morgan fingerprint density at radius 1 is 1.23 bits per heavy atom. The monoisotopic (exact) mass is 370 g/mol. The van der Waals surface area contributed by atoms with E-state index in [1.807, 2.05) is 52.0 Å². The van der Waals surface area contributed by atoms with Crippen molar-refractivity contribution in [2.75, 3.05) is 17.7 Å². The average molecular weight is 370 g/mol. The molecule has 0 amide bonds. The molecule has 0 saturated heterocycles. The predicted molar refractivity (Wildman–Crippen MR) is 106 cm³/mol. The minimum atomic E-state index is -0.310. The molecule has 2 aromatic heterocycles. The Morgan fingerprint density at radius 3 is 2.58 bits per heavy atom. The van der Waals surface area contributed by atoms with Crippen molar-refractivity contribution in [1.29, 1.82) is 0 Å². The van der Waals surface area contributed by atoms with Gasteiger partial charge in [0, 0.05) is 11.4 Å². The number of carbonyl (C=O) groups excluding carboxylic acids is 1. The summed E-state index contributed by atoms with van der Waals surface area (Å²) in [4.78, 5) is 22.8. The molecule has 7 heteroatoms. The van der Waals surface area contributed by atoms with E-state index in [0.717, 1.165) is 21.5 Å². The maximum Gasteiger partial charge on any atom is 0.348 e. The molecule has 0 aliphatic carbocycles. The van der Waals surface area contributed by atoms with Crippen LogP contribution < -0.4 is 11.1 Å². The SMILES string of the molecule is Cc1nc(Nc2ccc(N)cc2)c2c(C)c(C(=O)OCC(C)C)sc2n1. The number of rotatable bonds is 5. The quantitative estimate of drug-likeness (QED) is 0.509. The molecule has 0 bridgehead atoms. The number of hydrogen-bond donors (Lipinski definition) is 2. The molecule has 3 N–H and O–H groups in total. The van der Waals surface area contributed by atoms with Crippen LogP contribution in [0.25, 0.3) is 10.2 Å². The molecule has 3 aromatic rings. The zero-order valence-electron chi connectivity index (χ0n) is 15.3. The minimum Gasteiger partial charge on any atom is -0.461 e. The standard InChI is InChI=1S/C19H22N4O2S/c1-10(2)9-25-19(24)16-11(3)15-17(21-12(4)22-18(15)26-16)23-14-7-5-13(20)6-8-14/h5-8,10H,9,20H2,1-4H3,(H,21,22,23). The number of nitrogens with zero attached hydrogens (tertiary/aromatic N) is 2. The van der Waals surface area contributed by atoms with Gasteiger partial charge in [0.2, 0.25) is 0 Å². The molecule has 0 saturated carbocycles. The molecule has 2 heterocycles. The third-order valence-corrected chi connectivity index (χ3v) is 4.97. The number of thiophene rings is 1. The van der Waals surface area contributed by atoms with Gasteiger partial charge >= 0.3 is 5.97 Å². The highest BCUT2D eigenvalue weighted by Crippen LogP contribution is 2.35. The molecule has 136 valence electrons. The van der Waals surface area contributed by atoms with Crippen LogP contribution in [0, 0.1) is 19.8 Å². The summed E-state index contributed by atoms with van der Waals surface area (Å²) >= 11 is 1.34. The molecule has 0 fully saturated rings. The van der Waals surface area contributed by atoms with Gasteiger partial charge in [0.05, 0.1) is 12.0 Å². The number of nitrogens with one attached hydrogen (secondary N) is 1. The summed E-state index contributed by atoms with van der Waals surface area (Å²) < 4.78 is 5.39. The van der Waals surface area contributed by atoms with Gasteiger partial charge in [-0.2, -0.15) is 0 Å². The fourth-order valence-corrected chi connectivity index (χ4v) is 3.66. The van der Waals surface area contributed by atoms with Gasteiger partial charge in [-0.15, -0.1) is 11.3 Å². The van der Waals surface area contributed by atoms with E-state index < -0.39 is 0 Å². The zero-order chi connectivity index (χ0) is 18.8. The molecular formula is C19H22N4O2S. The number of ether oxygens (including phenoxy) is 1. The Labute approximate surface area is 156 Å². The Morgan fingerprint density at radius 2 is 1.92 bits per heavy atom. The van der Waals surface area contributed by atoms with E-state index in [2.05, 4.69) is 15.3 Å². The summed E-state index contributed by atoms with van der Waals surface area (Å²) in [6.07, 6.45) is 0. The second-order valence-electron chi connectivity index (χ2n) is 6.60. The molecule has 0 atom stereocenters. The van der Waals surface area contributed by atoms with Crippen LogP contribution in [-0.2, 0) is 4.74 Å².